The van der Waals surface area contributed by atoms with E-state index in [9.17, 15) is 14.3 Å². The first-order chi connectivity index (χ1) is 12.0. The molecule has 1 amide bonds. The van der Waals surface area contributed by atoms with Gasteiger partial charge < -0.3 is 10.4 Å². The summed E-state index contributed by atoms with van der Waals surface area (Å²) in [6.07, 6.45) is 5.52. The monoisotopic (exact) mass is 343 g/mol. The van der Waals surface area contributed by atoms with E-state index in [1.807, 2.05) is 0 Å². The van der Waals surface area contributed by atoms with Gasteiger partial charge in [0.1, 0.15) is 11.5 Å². The summed E-state index contributed by atoms with van der Waals surface area (Å²) in [5, 5.41) is 13.4. The number of carbonyl (C=O) groups is 1. The average Bonchev–Trinajstić information content (AvgIpc) is 2.96. The topological polar surface area (TPSA) is 75.1 Å². The molecule has 132 valence electrons. The van der Waals surface area contributed by atoms with Crippen LogP contribution in [0.5, 0.6) is 0 Å². The number of benzene rings is 1. The average molecular weight is 343 g/mol. The Kier molecular flexibility index (Phi) is 5.08. The van der Waals surface area contributed by atoms with Gasteiger partial charge in [-0.15, -0.1) is 0 Å². The molecule has 1 aromatic heterocycles. The second kappa shape index (κ2) is 7.27. The number of aromatic nitrogens is 2. The minimum Gasteiger partial charge on any atom is -0.392 e. The second-order valence-corrected chi connectivity index (χ2v) is 6.80. The van der Waals surface area contributed by atoms with E-state index in [0.717, 1.165) is 24.1 Å². The Labute approximate surface area is 146 Å². The van der Waals surface area contributed by atoms with Gasteiger partial charge in [-0.25, -0.2) is 9.37 Å². The third-order valence-electron chi connectivity index (χ3n) is 4.94. The third-order valence-corrected chi connectivity index (χ3v) is 4.94. The van der Waals surface area contributed by atoms with E-state index in [0.29, 0.717) is 19.4 Å². The predicted molar refractivity (Wildman–Crippen MR) is 91.5 cm³/mol. The smallest absolute Gasteiger partial charge is 0.271 e. The SMILES string of the molecule is Cc1cnc(C(=O)NCC2(Cc3ccc(F)cc3)CCCC2O)cn1. The van der Waals surface area contributed by atoms with Crippen LogP contribution in [0, 0.1) is 18.2 Å². The van der Waals surface area contributed by atoms with E-state index in [1.165, 1.54) is 18.3 Å². The number of hydrogen-bond donors (Lipinski definition) is 2. The number of rotatable bonds is 5. The first kappa shape index (κ1) is 17.5. The lowest BCUT2D eigenvalue weighted by Gasteiger charge is -2.33. The molecule has 2 N–H and O–H groups in total. The molecule has 1 saturated carbocycles. The summed E-state index contributed by atoms with van der Waals surface area (Å²) < 4.78 is 13.1. The van der Waals surface area contributed by atoms with Crippen molar-refractivity contribution >= 4 is 5.91 Å². The number of aliphatic hydroxyl groups excluding tert-OH is 1. The van der Waals surface area contributed by atoms with Gasteiger partial charge >= 0.3 is 0 Å². The number of amides is 1. The molecule has 6 heteroatoms. The van der Waals surface area contributed by atoms with E-state index in [-0.39, 0.29) is 17.4 Å². The standard InChI is InChI=1S/C19H22FN3O2/c1-13-10-22-16(11-21-13)18(25)23-12-19(8-2-3-17(19)24)9-14-4-6-15(20)7-5-14/h4-7,10-11,17,24H,2-3,8-9,12H2,1H3,(H,23,25). The zero-order valence-corrected chi connectivity index (χ0v) is 14.2. The van der Waals surface area contributed by atoms with Crippen molar-refractivity contribution in [2.75, 3.05) is 6.54 Å². The number of hydrogen-bond acceptors (Lipinski definition) is 4. The summed E-state index contributed by atoms with van der Waals surface area (Å²) in [7, 11) is 0. The Balaban J connectivity index is 1.71. The number of nitrogens with zero attached hydrogens (tertiary/aromatic N) is 2. The van der Waals surface area contributed by atoms with Gasteiger partial charge in [0.25, 0.3) is 5.91 Å². The van der Waals surface area contributed by atoms with Crippen LogP contribution in [-0.4, -0.2) is 33.6 Å². The fraction of sp³-hybridized carbons (Fsp3) is 0.421. The van der Waals surface area contributed by atoms with Crippen LogP contribution >= 0.6 is 0 Å². The van der Waals surface area contributed by atoms with E-state index in [4.69, 9.17) is 0 Å². The van der Waals surface area contributed by atoms with Crippen molar-refractivity contribution in [3.05, 3.63) is 59.4 Å². The van der Waals surface area contributed by atoms with Gasteiger partial charge in [0.15, 0.2) is 0 Å². The van der Waals surface area contributed by atoms with Crippen molar-refractivity contribution < 1.29 is 14.3 Å². The van der Waals surface area contributed by atoms with Crippen molar-refractivity contribution in [1.82, 2.24) is 15.3 Å². The van der Waals surface area contributed by atoms with Crippen LogP contribution in [0.3, 0.4) is 0 Å². The minimum atomic E-state index is -0.498. The molecule has 0 saturated heterocycles. The molecule has 1 fully saturated rings. The Bertz CT molecular complexity index is 733. The van der Waals surface area contributed by atoms with Crippen LogP contribution in [0.4, 0.5) is 4.39 Å². The number of carbonyl (C=O) groups excluding carboxylic acids is 1. The van der Waals surface area contributed by atoms with Crippen LogP contribution in [0.25, 0.3) is 0 Å². The lowest BCUT2D eigenvalue weighted by molar-refractivity contribution is 0.0499. The molecule has 1 aromatic carbocycles. The quantitative estimate of drug-likeness (QED) is 0.874. The zero-order chi connectivity index (χ0) is 17.9. The van der Waals surface area contributed by atoms with Crippen LogP contribution in [0.15, 0.2) is 36.7 Å². The van der Waals surface area contributed by atoms with Gasteiger partial charge in [-0.1, -0.05) is 18.6 Å². The zero-order valence-electron chi connectivity index (χ0n) is 14.2. The van der Waals surface area contributed by atoms with E-state index < -0.39 is 11.5 Å². The molecule has 0 aliphatic heterocycles. The summed E-state index contributed by atoms with van der Waals surface area (Å²) in [6, 6.07) is 6.31. The molecule has 1 heterocycles. The summed E-state index contributed by atoms with van der Waals surface area (Å²) in [6.45, 7) is 2.15. The molecule has 2 unspecified atom stereocenters. The summed E-state index contributed by atoms with van der Waals surface area (Å²) in [5.74, 6) is -0.582. The molecular formula is C19H22FN3O2. The molecule has 0 radical (unpaired) electrons. The molecule has 0 bridgehead atoms. The summed E-state index contributed by atoms with van der Waals surface area (Å²) in [5.41, 5.74) is 1.52. The highest BCUT2D eigenvalue weighted by molar-refractivity contribution is 5.91. The van der Waals surface area contributed by atoms with Crippen LogP contribution < -0.4 is 5.32 Å². The van der Waals surface area contributed by atoms with Crippen LogP contribution in [0.1, 0.15) is 41.0 Å². The first-order valence-electron chi connectivity index (χ1n) is 8.48. The van der Waals surface area contributed by atoms with Crippen molar-refractivity contribution in [3.63, 3.8) is 0 Å². The lowest BCUT2D eigenvalue weighted by Crippen LogP contribution is -2.44. The fourth-order valence-electron chi connectivity index (χ4n) is 3.46. The molecule has 2 aromatic rings. The van der Waals surface area contributed by atoms with Crippen molar-refractivity contribution in [3.8, 4) is 0 Å². The number of nitrogens with one attached hydrogen (secondary N) is 1. The fourth-order valence-corrected chi connectivity index (χ4v) is 3.46. The highest BCUT2D eigenvalue weighted by Gasteiger charge is 2.42. The highest BCUT2D eigenvalue weighted by atomic mass is 19.1. The Morgan fingerprint density at radius 1 is 1.32 bits per heavy atom. The van der Waals surface area contributed by atoms with Crippen LogP contribution in [0.2, 0.25) is 0 Å². The Morgan fingerprint density at radius 2 is 2.08 bits per heavy atom. The van der Waals surface area contributed by atoms with Gasteiger partial charge in [-0.3, -0.25) is 9.78 Å². The summed E-state index contributed by atoms with van der Waals surface area (Å²) >= 11 is 0. The highest BCUT2D eigenvalue weighted by Crippen LogP contribution is 2.40. The minimum absolute atomic E-state index is 0.259. The molecule has 2 atom stereocenters. The Morgan fingerprint density at radius 3 is 2.68 bits per heavy atom. The lowest BCUT2D eigenvalue weighted by atomic mass is 9.78. The first-order valence-corrected chi connectivity index (χ1v) is 8.48. The molecule has 0 spiro atoms. The van der Waals surface area contributed by atoms with Gasteiger partial charge in [-0.05, 0) is 43.9 Å². The maximum atomic E-state index is 13.1. The third kappa shape index (κ3) is 4.02. The molecule has 5 nitrogen and oxygen atoms in total. The maximum Gasteiger partial charge on any atom is 0.271 e. The van der Waals surface area contributed by atoms with E-state index in [1.54, 1.807) is 25.3 Å². The predicted octanol–water partition coefficient (Wildman–Crippen LogP) is 2.43. The summed E-state index contributed by atoms with van der Waals surface area (Å²) in [4.78, 5) is 20.5. The number of halogens is 1. The molecular weight excluding hydrogens is 321 g/mol. The maximum absolute atomic E-state index is 13.1. The van der Waals surface area contributed by atoms with E-state index >= 15 is 0 Å². The molecule has 1 aliphatic carbocycles. The normalized spacial score (nSPS) is 22.8. The van der Waals surface area contributed by atoms with Crippen LogP contribution in [-0.2, 0) is 6.42 Å². The van der Waals surface area contributed by atoms with Gasteiger partial charge in [0.2, 0.25) is 0 Å². The Hall–Kier alpha value is -2.34. The molecule has 25 heavy (non-hydrogen) atoms. The van der Waals surface area contributed by atoms with E-state index in [2.05, 4.69) is 15.3 Å². The molecule has 1 aliphatic rings. The molecule has 3 rings (SSSR count). The number of aryl methyl sites for hydroxylation is 1. The van der Waals surface area contributed by atoms with Gasteiger partial charge in [-0.2, -0.15) is 0 Å². The number of aliphatic hydroxyl groups is 1. The van der Waals surface area contributed by atoms with Gasteiger partial charge in [0, 0.05) is 18.2 Å². The largest absolute Gasteiger partial charge is 0.392 e. The van der Waals surface area contributed by atoms with Crippen molar-refractivity contribution in [2.24, 2.45) is 5.41 Å². The van der Waals surface area contributed by atoms with Crippen molar-refractivity contribution in [1.29, 1.82) is 0 Å². The second-order valence-electron chi connectivity index (χ2n) is 6.80. The van der Waals surface area contributed by atoms with Crippen molar-refractivity contribution in [2.45, 2.75) is 38.7 Å². The van der Waals surface area contributed by atoms with Gasteiger partial charge in [0.05, 0.1) is 18.0 Å².